The van der Waals surface area contributed by atoms with Gasteiger partial charge in [-0.1, -0.05) is 49.2 Å². The molecule has 0 aliphatic rings. The number of nitrogen functional groups attached to an aromatic ring is 1. The number of halogens is 1. The second-order valence-corrected chi connectivity index (χ2v) is 5.94. The Balaban J connectivity index is 1.92. The molecule has 0 unspecified atom stereocenters. The summed E-state index contributed by atoms with van der Waals surface area (Å²) in [6.07, 6.45) is 3.25. The first-order valence-corrected chi connectivity index (χ1v) is 8.23. The first-order chi connectivity index (χ1) is 11.5. The Morgan fingerprint density at radius 3 is 2.38 bits per heavy atom. The number of anilines is 1. The molecule has 2 rings (SSSR count). The van der Waals surface area contributed by atoms with Gasteiger partial charge in [-0.15, -0.1) is 0 Å². The van der Waals surface area contributed by atoms with Gasteiger partial charge in [-0.05, 0) is 36.6 Å². The van der Waals surface area contributed by atoms with Crippen LogP contribution < -0.4 is 5.73 Å². The van der Waals surface area contributed by atoms with E-state index in [1.807, 2.05) is 12.1 Å². The van der Waals surface area contributed by atoms with Crippen molar-refractivity contribution in [2.24, 2.45) is 0 Å². The number of benzene rings is 2. The fourth-order valence-electron chi connectivity index (χ4n) is 2.21. The van der Waals surface area contributed by atoms with Crippen LogP contribution >= 0.6 is 11.6 Å². The minimum absolute atomic E-state index is 0.243. The van der Waals surface area contributed by atoms with Crippen molar-refractivity contribution < 1.29 is 14.3 Å². The minimum Gasteiger partial charge on any atom is -0.454 e. The molecule has 4 nitrogen and oxygen atoms in total. The molecule has 0 fully saturated rings. The maximum absolute atomic E-state index is 12.1. The number of rotatable bonds is 7. The van der Waals surface area contributed by atoms with Gasteiger partial charge >= 0.3 is 5.97 Å². The van der Waals surface area contributed by atoms with Gasteiger partial charge in [0.1, 0.15) is 0 Å². The molecule has 2 N–H and O–H groups in total. The standard InChI is InChI=1S/C19H20ClNO3/c1-2-3-4-13-5-7-14(8-6-13)18(22)12-24-19(23)15-9-10-16(20)17(21)11-15/h5-11H,2-4,12,21H2,1H3. The van der Waals surface area contributed by atoms with Crippen molar-refractivity contribution in [3.05, 3.63) is 64.2 Å². The molecule has 0 saturated carbocycles. The van der Waals surface area contributed by atoms with Crippen LogP contribution in [0.3, 0.4) is 0 Å². The second-order valence-electron chi connectivity index (χ2n) is 5.54. The maximum Gasteiger partial charge on any atom is 0.338 e. The van der Waals surface area contributed by atoms with Gasteiger partial charge in [-0.25, -0.2) is 4.79 Å². The average molecular weight is 346 g/mol. The Bertz CT molecular complexity index is 726. The molecule has 5 heteroatoms. The molecule has 0 bridgehead atoms. The normalized spacial score (nSPS) is 10.4. The Kier molecular flexibility index (Phi) is 6.38. The summed E-state index contributed by atoms with van der Waals surface area (Å²) in [5.41, 5.74) is 7.93. The molecule has 0 spiro atoms. The molecule has 0 saturated heterocycles. The zero-order valence-corrected chi connectivity index (χ0v) is 14.3. The van der Waals surface area contributed by atoms with Gasteiger partial charge in [-0.3, -0.25) is 4.79 Å². The predicted octanol–water partition coefficient (Wildman–Crippen LogP) is 4.30. The summed E-state index contributed by atoms with van der Waals surface area (Å²) in [5, 5.41) is 0.366. The van der Waals surface area contributed by atoms with Gasteiger partial charge in [-0.2, -0.15) is 0 Å². The van der Waals surface area contributed by atoms with Crippen molar-refractivity contribution in [2.45, 2.75) is 26.2 Å². The third kappa shape index (κ3) is 4.83. The van der Waals surface area contributed by atoms with Gasteiger partial charge in [0.2, 0.25) is 0 Å². The molecule has 0 atom stereocenters. The largest absolute Gasteiger partial charge is 0.454 e. The van der Waals surface area contributed by atoms with E-state index in [4.69, 9.17) is 22.1 Å². The summed E-state index contributed by atoms with van der Waals surface area (Å²) >= 11 is 5.81. The van der Waals surface area contributed by atoms with Crippen molar-refractivity contribution in [2.75, 3.05) is 12.3 Å². The zero-order valence-electron chi connectivity index (χ0n) is 13.5. The van der Waals surface area contributed by atoms with Crippen LogP contribution in [0.2, 0.25) is 5.02 Å². The molecule has 2 aromatic rings. The van der Waals surface area contributed by atoms with Crippen molar-refractivity contribution in [3.8, 4) is 0 Å². The molecule has 2 aromatic carbocycles. The number of esters is 1. The lowest BCUT2D eigenvalue weighted by atomic mass is 10.0. The molecular formula is C19H20ClNO3. The van der Waals surface area contributed by atoms with E-state index in [2.05, 4.69) is 6.92 Å². The first kappa shape index (κ1) is 18.0. The highest BCUT2D eigenvalue weighted by atomic mass is 35.5. The number of ketones is 1. The number of carbonyl (C=O) groups excluding carboxylic acids is 2. The Labute approximate surface area is 146 Å². The van der Waals surface area contributed by atoms with Crippen LogP contribution in [0.25, 0.3) is 0 Å². The van der Waals surface area contributed by atoms with Crippen molar-refractivity contribution in [1.82, 2.24) is 0 Å². The maximum atomic E-state index is 12.1. The van der Waals surface area contributed by atoms with E-state index in [1.54, 1.807) is 12.1 Å². The minimum atomic E-state index is -0.605. The van der Waals surface area contributed by atoms with E-state index >= 15 is 0 Å². The monoisotopic (exact) mass is 345 g/mol. The number of hydrogen-bond donors (Lipinski definition) is 1. The number of carbonyl (C=O) groups is 2. The quantitative estimate of drug-likeness (QED) is 0.461. The third-order valence-corrected chi connectivity index (χ3v) is 4.01. The molecule has 0 aliphatic carbocycles. The van der Waals surface area contributed by atoms with E-state index in [9.17, 15) is 9.59 Å². The smallest absolute Gasteiger partial charge is 0.338 e. The molecule has 126 valence electrons. The Morgan fingerprint density at radius 1 is 1.08 bits per heavy atom. The molecular weight excluding hydrogens is 326 g/mol. The summed E-state index contributed by atoms with van der Waals surface area (Å²) in [6.45, 7) is 1.83. The summed E-state index contributed by atoms with van der Waals surface area (Å²) in [7, 11) is 0. The Morgan fingerprint density at radius 2 is 1.75 bits per heavy atom. The summed E-state index contributed by atoms with van der Waals surface area (Å²) < 4.78 is 5.05. The van der Waals surface area contributed by atoms with Crippen LogP contribution in [0, 0.1) is 0 Å². The van der Waals surface area contributed by atoms with Crippen LogP contribution in [0.1, 0.15) is 46.0 Å². The number of unbranched alkanes of at least 4 members (excludes halogenated alkanes) is 1. The summed E-state index contributed by atoms with van der Waals surface area (Å²) in [4.78, 5) is 24.0. The molecule has 0 heterocycles. The summed E-state index contributed by atoms with van der Waals surface area (Å²) in [6, 6.07) is 11.9. The van der Waals surface area contributed by atoms with Gasteiger partial charge in [0.05, 0.1) is 16.3 Å². The van der Waals surface area contributed by atoms with Gasteiger partial charge in [0.15, 0.2) is 12.4 Å². The van der Waals surface area contributed by atoms with Gasteiger partial charge in [0.25, 0.3) is 0 Å². The predicted molar refractivity (Wildman–Crippen MR) is 95.5 cm³/mol. The van der Waals surface area contributed by atoms with E-state index < -0.39 is 5.97 Å². The fraction of sp³-hybridized carbons (Fsp3) is 0.263. The number of Topliss-reactive ketones (excluding diaryl/α,β-unsaturated/α-hetero) is 1. The molecule has 0 amide bonds. The van der Waals surface area contributed by atoms with Crippen LogP contribution in [0.4, 0.5) is 5.69 Å². The van der Waals surface area contributed by atoms with E-state index in [1.165, 1.54) is 23.8 Å². The van der Waals surface area contributed by atoms with E-state index in [0.717, 1.165) is 19.3 Å². The lowest BCUT2D eigenvalue weighted by Crippen LogP contribution is -2.14. The topological polar surface area (TPSA) is 69.4 Å². The molecule has 0 aromatic heterocycles. The van der Waals surface area contributed by atoms with Crippen molar-refractivity contribution in [3.63, 3.8) is 0 Å². The summed E-state index contributed by atoms with van der Waals surface area (Å²) in [5.74, 6) is -0.849. The van der Waals surface area contributed by atoms with Crippen LogP contribution in [0.5, 0.6) is 0 Å². The van der Waals surface area contributed by atoms with Crippen LogP contribution in [-0.4, -0.2) is 18.4 Å². The fourth-order valence-corrected chi connectivity index (χ4v) is 2.32. The first-order valence-electron chi connectivity index (χ1n) is 7.85. The van der Waals surface area contributed by atoms with Crippen LogP contribution in [-0.2, 0) is 11.2 Å². The average Bonchev–Trinajstić information content (AvgIpc) is 2.60. The highest BCUT2D eigenvalue weighted by molar-refractivity contribution is 6.33. The van der Waals surface area contributed by atoms with Gasteiger partial charge in [0, 0.05) is 5.56 Å². The second kappa shape index (κ2) is 8.50. The zero-order chi connectivity index (χ0) is 17.5. The van der Waals surface area contributed by atoms with E-state index in [0.29, 0.717) is 16.3 Å². The van der Waals surface area contributed by atoms with Crippen molar-refractivity contribution in [1.29, 1.82) is 0 Å². The molecule has 0 radical (unpaired) electrons. The molecule has 24 heavy (non-hydrogen) atoms. The van der Waals surface area contributed by atoms with Gasteiger partial charge < -0.3 is 10.5 Å². The number of aryl methyl sites for hydroxylation is 1. The van der Waals surface area contributed by atoms with Crippen molar-refractivity contribution >= 4 is 29.0 Å². The lowest BCUT2D eigenvalue weighted by molar-refractivity contribution is 0.0475. The number of hydrogen-bond acceptors (Lipinski definition) is 4. The molecule has 0 aliphatic heterocycles. The lowest BCUT2D eigenvalue weighted by Gasteiger charge is -2.06. The van der Waals surface area contributed by atoms with Crippen LogP contribution in [0.15, 0.2) is 42.5 Å². The van der Waals surface area contributed by atoms with E-state index in [-0.39, 0.29) is 18.0 Å². The number of ether oxygens (including phenoxy) is 1. The highest BCUT2D eigenvalue weighted by Crippen LogP contribution is 2.20. The number of nitrogens with two attached hydrogens (primary N) is 1. The Hall–Kier alpha value is -2.33. The highest BCUT2D eigenvalue weighted by Gasteiger charge is 2.13. The SMILES string of the molecule is CCCCc1ccc(C(=O)COC(=O)c2ccc(Cl)c(N)c2)cc1. The third-order valence-electron chi connectivity index (χ3n) is 3.66.